The van der Waals surface area contributed by atoms with Crippen LogP contribution >= 0.6 is 0 Å². The third-order valence-corrected chi connectivity index (χ3v) is 2.58. The lowest BCUT2D eigenvalue weighted by Crippen LogP contribution is -2.50. The van der Waals surface area contributed by atoms with Crippen molar-refractivity contribution in [2.45, 2.75) is 31.8 Å². The van der Waals surface area contributed by atoms with Gasteiger partial charge in [0.05, 0.1) is 32.0 Å². The van der Waals surface area contributed by atoms with Crippen LogP contribution in [0, 0.1) is 0 Å². The fourth-order valence-corrected chi connectivity index (χ4v) is 1.50. The van der Waals surface area contributed by atoms with E-state index in [0.29, 0.717) is 19.8 Å². The molecule has 0 amide bonds. The lowest BCUT2D eigenvalue weighted by atomic mass is 10.2. The van der Waals surface area contributed by atoms with Crippen LogP contribution in [0.1, 0.15) is 13.8 Å². The Morgan fingerprint density at radius 1 is 1.31 bits per heavy atom. The normalized spacial score (nSPS) is 23.2. The van der Waals surface area contributed by atoms with E-state index < -0.39 is 5.79 Å². The molecule has 1 aliphatic rings. The molecule has 0 radical (unpaired) electrons. The molecule has 96 valence electrons. The molecule has 0 aromatic heterocycles. The highest BCUT2D eigenvalue weighted by molar-refractivity contribution is 4.74. The SMILES string of the molecule is COCC(CNC1COC(C)(C)OC1)OC. The predicted octanol–water partition coefficient (Wildman–Crippen LogP) is 0.389. The number of ether oxygens (including phenoxy) is 4. The van der Waals surface area contributed by atoms with Crippen molar-refractivity contribution in [3.05, 3.63) is 0 Å². The van der Waals surface area contributed by atoms with Gasteiger partial charge in [-0.15, -0.1) is 0 Å². The average molecular weight is 233 g/mol. The molecule has 0 aliphatic carbocycles. The zero-order valence-corrected chi connectivity index (χ0v) is 10.6. The fourth-order valence-electron chi connectivity index (χ4n) is 1.50. The Kier molecular flexibility index (Phi) is 5.64. The van der Waals surface area contributed by atoms with Gasteiger partial charge in [0.2, 0.25) is 0 Å². The monoisotopic (exact) mass is 233 g/mol. The van der Waals surface area contributed by atoms with E-state index >= 15 is 0 Å². The fraction of sp³-hybridized carbons (Fsp3) is 1.00. The maximum atomic E-state index is 5.55. The van der Waals surface area contributed by atoms with E-state index in [1.165, 1.54) is 0 Å². The lowest BCUT2D eigenvalue weighted by Gasteiger charge is -2.35. The van der Waals surface area contributed by atoms with Crippen molar-refractivity contribution in [3.63, 3.8) is 0 Å². The maximum absolute atomic E-state index is 5.55. The molecular weight excluding hydrogens is 210 g/mol. The molecule has 1 N–H and O–H groups in total. The van der Waals surface area contributed by atoms with Gasteiger partial charge in [-0.3, -0.25) is 0 Å². The summed E-state index contributed by atoms with van der Waals surface area (Å²) in [4.78, 5) is 0. The molecule has 0 bridgehead atoms. The van der Waals surface area contributed by atoms with Crippen LogP contribution in [0.4, 0.5) is 0 Å². The summed E-state index contributed by atoms with van der Waals surface area (Å²) in [6, 6.07) is 0.225. The Hall–Kier alpha value is -0.200. The summed E-state index contributed by atoms with van der Waals surface area (Å²) < 4.78 is 21.4. The van der Waals surface area contributed by atoms with Gasteiger partial charge in [-0.05, 0) is 13.8 Å². The first-order chi connectivity index (χ1) is 7.57. The molecule has 0 aromatic carbocycles. The Morgan fingerprint density at radius 3 is 2.44 bits per heavy atom. The van der Waals surface area contributed by atoms with E-state index in [4.69, 9.17) is 18.9 Å². The summed E-state index contributed by atoms with van der Waals surface area (Å²) in [6.07, 6.45) is 0.0694. The highest BCUT2D eigenvalue weighted by atomic mass is 16.7. The van der Waals surface area contributed by atoms with Gasteiger partial charge >= 0.3 is 0 Å². The van der Waals surface area contributed by atoms with Crippen molar-refractivity contribution >= 4 is 0 Å². The second kappa shape index (κ2) is 6.51. The molecule has 1 unspecified atom stereocenters. The third-order valence-electron chi connectivity index (χ3n) is 2.58. The van der Waals surface area contributed by atoms with Gasteiger partial charge in [-0.25, -0.2) is 0 Å². The minimum absolute atomic E-state index is 0.0694. The van der Waals surface area contributed by atoms with Crippen LogP contribution in [0.2, 0.25) is 0 Å². The third kappa shape index (κ3) is 4.76. The number of nitrogens with one attached hydrogen (secondary N) is 1. The molecule has 1 aliphatic heterocycles. The topological polar surface area (TPSA) is 49.0 Å². The minimum atomic E-state index is -0.453. The Morgan fingerprint density at radius 2 is 1.94 bits per heavy atom. The maximum Gasteiger partial charge on any atom is 0.162 e. The molecule has 1 rings (SSSR count). The van der Waals surface area contributed by atoms with Crippen LogP contribution in [0.3, 0.4) is 0 Å². The highest BCUT2D eigenvalue weighted by Gasteiger charge is 2.28. The van der Waals surface area contributed by atoms with Gasteiger partial charge in [0.15, 0.2) is 5.79 Å². The summed E-state index contributed by atoms with van der Waals surface area (Å²) >= 11 is 0. The van der Waals surface area contributed by atoms with Crippen molar-refractivity contribution < 1.29 is 18.9 Å². The van der Waals surface area contributed by atoms with Crippen molar-refractivity contribution in [2.24, 2.45) is 0 Å². The van der Waals surface area contributed by atoms with E-state index in [2.05, 4.69) is 5.32 Å². The molecule has 5 heteroatoms. The Balaban J connectivity index is 2.18. The average Bonchev–Trinajstić information content (AvgIpc) is 2.26. The Bertz CT molecular complexity index is 188. The molecular formula is C11H23NO4. The number of methoxy groups -OCH3 is 2. The molecule has 16 heavy (non-hydrogen) atoms. The summed E-state index contributed by atoms with van der Waals surface area (Å²) in [5.41, 5.74) is 0. The largest absolute Gasteiger partial charge is 0.382 e. The van der Waals surface area contributed by atoms with Gasteiger partial charge in [0.25, 0.3) is 0 Å². The van der Waals surface area contributed by atoms with Gasteiger partial charge < -0.3 is 24.3 Å². The van der Waals surface area contributed by atoms with Crippen LogP contribution in [0.5, 0.6) is 0 Å². The smallest absolute Gasteiger partial charge is 0.162 e. The molecule has 0 spiro atoms. The van der Waals surface area contributed by atoms with Crippen molar-refractivity contribution in [2.75, 3.05) is 40.6 Å². The Labute approximate surface area is 97.4 Å². The van der Waals surface area contributed by atoms with Gasteiger partial charge in [0.1, 0.15) is 0 Å². The molecule has 1 fully saturated rings. The summed E-state index contributed by atoms with van der Waals surface area (Å²) in [5.74, 6) is -0.453. The predicted molar refractivity (Wildman–Crippen MR) is 60.4 cm³/mol. The first kappa shape index (κ1) is 13.9. The van der Waals surface area contributed by atoms with Gasteiger partial charge in [0, 0.05) is 20.8 Å². The quantitative estimate of drug-likeness (QED) is 0.719. The zero-order chi connectivity index (χ0) is 12.0. The van der Waals surface area contributed by atoms with Crippen molar-refractivity contribution in [3.8, 4) is 0 Å². The van der Waals surface area contributed by atoms with E-state index in [-0.39, 0.29) is 12.1 Å². The van der Waals surface area contributed by atoms with Crippen molar-refractivity contribution in [1.82, 2.24) is 5.32 Å². The van der Waals surface area contributed by atoms with Crippen molar-refractivity contribution in [1.29, 1.82) is 0 Å². The molecule has 0 saturated carbocycles. The summed E-state index contributed by atoms with van der Waals surface area (Å²) in [5, 5.41) is 3.34. The number of rotatable bonds is 6. The second-order valence-electron chi connectivity index (χ2n) is 4.44. The summed E-state index contributed by atoms with van der Waals surface area (Å²) in [7, 11) is 3.35. The van der Waals surface area contributed by atoms with Gasteiger partial charge in [-0.1, -0.05) is 0 Å². The van der Waals surface area contributed by atoms with Crippen LogP contribution in [-0.2, 0) is 18.9 Å². The summed E-state index contributed by atoms with van der Waals surface area (Å²) in [6.45, 7) is 6.50. The molecule has 1 atom stereocenters. The van der Waals surface area contributed by atoms with Crippen LogP contribution in [-0.4, -0.2) is 58.5 Å². The first-order valence-electron chi connectivity index (χ1n) is 5.60. The molecule has 1 heterocycles. The molecule has 0 aromatic rings. The minimum Gasteiger partial charge on any atom is -0.382 e. The molecule has 5 nitrogen and oxygen atoms in total. The van der Waals surface area contributed by atoms with E-state index in [9.17, 15) is 0 Å². The van der Waals surface area contributed by atoms with E-state index in [1.54, 1.807) is 14.2 Å². The first-order valence-corrected chi connectivity index (χ1v) is 5.60. The second-order valence-corrected chi connectivity index (χ2v) is 4.44. The highest BCUT2D eigenvalue weighted by Crippen LogP contribution is 2.16. The lowest BCUT2D eigenvalue weighted by molar-refractivity contribution is -0.253. The van der Waals surface area contributed by atoms with Gasteiger partial charge in [-0.2, -0.15) is 0 Å². The van der Waals surface area contributed by atoms with E-state index in [0.717, 1.165) is 6.54 Å². The number of hydrogen-bond acceptors (Lipinski definition) is 5. The van der Waals surface area contributed by atoms with E-state index in [1.807, 2.05) is 13.8 Å². The van der Waals surface area contributed by atoms with Crippen LogP contribution in [0.15, 0.2) is 0 Å². The van der Waals surface area contributed by atoms with Crippen LogP contribution < -0.4 is 5.32 Å². The molecule has 1 saturated heterocycles. The standard InChI is InChI=1S/C11H23NO4/c1-11(2)15-6-9(7-16-11)12-5-10(14-4)8-13-3/h9-10,12H,5-8H2,1-4H3. The van der Waals surface area contributed by atoms with Crippen LogP contribution in [0.25, 0.3) is 0 Å². The number of hydrogen-bond donors (Lipinski definition) is 1. The zero-order valence-electron chi connectivity index (χ0n) is 10.6.